The van der Waals surface area contributed by atoms with Crippen molar-refractivity contribution in [3.05, 3.63) is 84.4 Å². The fraction of sp³-hybridized carbons (Fsp3) is 0.120. The fourth-order valence-corrected chi connectivity index (χ4v) is 5.01. The van der Waals surface area contributed by atoms with Gasteiger partial charge in [-0.2, -0.15) is 0 Å². The first-order valence-electron chi connectivity index (χ1n) is 11.1. The summed E-state index contributed by atoms with van der Waals surface area (Å²) in [5.74, 6) is -0.217. The summed E-state index contributed by atoms with van der Waals surface area (Å²) < 4.78 is 24.9. The van der Waals surface area contributed by atoms with Crippen molar-refractivity contribution in [1.29, 1.82) is 0 Å². The number of nitrogens with zero attached hydrogens (tertiary/aromatic N) is 4. The Morgan fingerprint density at radius 2 is 1.67 bits per heavy atom. The molecule has 0 aliphatic heterocycles. The van der Waals surface area contributed by atoms with E-state index in [1.165, 1.54) is 41.6 Å². The van der Waals surface area contributed by atoms with Crippen LogP contribution < -0.4 is 10.5 Å². The molecule has 0 unspecified atom stereocenters. The fourth-order valence-electron chi connectivity index (χ4n) is 3.92. The summed E-state index contributed by atoms with van der Waals surface area (Å²) in [4.78, 5) is 17.2. The number of thioether (sulfide) groups is 1. The Morgan fingerprint density at radius 3 is 2.42 bits per heavy atom. The maximum atomic E-state index is 12.4. The number of nitrogens with one attached hydrogen (secondary N) is 1. The van der Waals surface area contributed by atoms with E-state index in [1.807, 2.05) is 42.5 Å². The highest BCUT2D eigenvalue weighted by Gasteiger charge is 2.16. The predicted octanol–water partition coefficient (Wildman–Crippen LogP) is 3.60. The SMILES string of the molecule is NS(=O)(=O)c1ccc(NC(=O)CSc2nnc3c4ccccc4n(CCc4ccccc4)c3n2)cc1. The molecule has 0 saturated carbocycles. The molecule has 0 spiro atoms. The normalized spacial score (nSPS) is 11.7. The van der Waals surface area contributed by atoms with Crippen molar-refractivity contribution in [3.63, 3.8) is 0 Å². The number of hydrogen-bond acceptors (Lipinski definition) is 7. The van der Waals surface area contributed by atoms with Crippen molar-refractivity contribution in [2.45, 2.75) is 23.0 Å². The van der Waals surface area contributed by atoms with E-state index < -0.39 is 10.0 Å². The number of rotatable bonds is 8. The van der Waals surface area contributed by atoms with Crippen LogP contribution in [0.4, 0.5) is 5.69 Å². The average molecular weight is 519 g/mol. The molecule has 0 aliphatic carbocycles. The van der Waals surface area contributed by atoms with E-state index in [9.17, 15) is 13.2 Å². The third-order valence-corrected chi connectivity index (χ3v) is 7.39. The number of amides is 1. The number of aryl methyl sites for hydroxylation is 2. The molecule has 0 fully saturated rings. The number of nitrogens with two attached hydrogens (primary N) is 1. The van der Waals surface area contributed by atoms with Gasteiger partial charge in [0.15, 0.2) is 5.65 Å². The predicted molar refractivity (Wildman–Crippen MR) is 140 cm³/mol. The van der Waals surface area contributed by atoms with E-state index in [0.717, 1.165) is 35.0 Å². The van der Waals surface area contributed by atoms with Gasteiger partial charge in [0.2, 0.25) is 21.1 Å². The molecule has 36 heavy (non-hydrogen) atoms. The highest BCUT2D eigenvalue weighted by atomic mass is 32.2. The Bertz CT molecular complexity index is 1650. The zero-order chi connectivity index (χ0) is 25.1. The number of sulfonamides is 1. The van der Waals surface area contributed by atoms with Crippen LogP contribution in [0.5, 0.6) is 0 Å². The minimum absolute atomic E-state index is 0.0229. The molecule has 0 bridgehead atoms. The molecule has 9 nitrogen and oxygen atoms in total. The molecule has 0 aliphatic rings. The highest BCUT2D eigenvalue weighted by molar-refractivity contribution is 7.99. The Balaban J connectivity index is 1.33. The van der Waals surface area contributed by atoms with E-state index in [-0.39, 0.29) is 16.6 Å². The van der Waals surface area contributed by atoms with Crippen LogP contribution in [0.3, 0.4) is 0 Å². The second-order valence-corrected chi connectivity index (χ2v) is 10.6. The van der Waals surface area contributed by atoms with Gasteiger partial charge < -0.3 is 9.88 Å². The Hall–Kier alpha value is -3.80. The van der Waals surface area contributed by atoms with E-state index >= 15 is 0 Å². The van der Waals surface area contributed by atoms with Crippen LogP contribution in [0, 0.1) is 0 Å². The number of carbonyl (C=O) groups is 1. The molecule has 0 atom stereocenters. The maximum absolute atomic E-state index is 12.4. The van der Waals surface area contributed by atoms with Gasteiger partial charge in [-0.05, 0) is 42.3 Å². The summed E-state index contributed by atoms with van der Waals surface area (Å²) in [5.41, 5.74) is 4.18. The highest BCUT2D eigenvalue weighted by Crippen LogP contribution is 2.27. The van der Waals surface area contributed by atoms with Crippen LogP contribution in [-0.2, 0) is 27.8 Å². The molecule has 3 aromatic carbocycles. The summed E-state index contributed by atoms with van der Waals surface area (Å²) >= 11 is 1.18. The van der Waals surface area contributed by atoms with Crippen LogP contribution in [0.15, 0.2) is 88.9 Å². The van der Waals surface area contributed by atoms with E-state index in [1.54, 1.807) is 0 Å². The smallest absolute Gasteiger partial charge is 0.238 e. The van der Waals surface area contributed by atoms with Gasteiger partial charge in [0.1, 0.15) is 5.52 Å². The topological polar surface area (TPSA) is 133 Å². The van der Waals surface area contributed by atoms with Crippen molar-refractivity contribution in [1.82, 2.24) is 19.7 Å². The third-order valence-electron chi connectivity index (χ3n) is 5.62. The molecule has 3 N–H and O–H groups in total. The number of primary sulfonamides is 1. The molecule has 1 amide bonds. The number of hydrogen-bond donors (Lipinski definition) is 2. The van der Waals surface area contributed by atoms with E-state index in [0.29, 0.717) is 10.8 Å². The lowest BCUT2D eigenvalue weighted by atomic mass is 10.1. The van der Waals surface area contributed by atoms with E-state index in [4.69, 9.17) is 10.1 Å². The van der Waals surface area contributed by atoms with Gasteiger partial charge in [0.05, 0.1) is 16.2 Å². The summed E-state index contributed by atoms with van der Waals surface area (Å²) in [7, 11) is -3.79. The van der Waals surface area contributed by atoms with Crippen molar-refractivity contribution < 1.29 is 13.2 Å². The average Bonchev–Trinajstić information content (AvgIpc) is 3.19. The molecule has 182 valence electrons. The summed E-state index contributed by atoms with van der Waals surface area (Å²) in [6.07, 6.45) is 0.841. The molecule has 11 heteroatoms. The van der Waals surface area contributed by atoms with Crippen LogP contribution in [0.2, 0.25) is 0 Å². The van der Waals surface area contributed by atoms with Crippen LogP contribution in [0.1, 0.15) is 5.56 Å². The molecule has 5 rings (SSSR count). The van der Waals surface area contributed by atoms with E-state index in [2.05, 4.69) is 32.2 Å². The molecule has 2 heterocycles. The molecule has 0 radical (unpaired) electrons. The Labute approximate surface area is 211 Å². The quantitative estimate of drug-likeness (QED) is 0.300. The molecular formula is C25H22N6O3S2. The first-order valence-corrected chi connectivity index (χ1v) is 13.6. The monoisotopic (exact) mass is 518 g/mol. The van der Waals surface area contributed by atoms with Gasteiger partial charge in [0.25, 0.3) is 0 Å². The number of anilines is 1. The molecular weight excluding hydrogens is 496 g/mol. The van der Waals surface area contributed by atoms with Gasteiger partial charge in [-0.25, -0.2) is 18.5 Å². The van der Waals surface area contributed by atoms with Gasteiger partial charge in [-0.3, -0.25) is 4.79 Å². The van der Waals surface area contributed by atoms with Crippen molar-refractivity contribution in [2.24, 2.45) is 5.14 Å². The van der Waals surface area contributed by atoms with Crippen LogP contribution >= 0.6 is 11.8 Å². The number of carbonyl (C=O) groups excluding carboxylic acids is 1. The zero-order valence-electron chi connectivity index (χ0n) is 19.0. The van der Waals surface area contributed by atoms with Crippen molar-refractivity contribution in [2.75, 3.05) is 11.1 Å². The number of benzene rings is 3. The molecule has 2 aromatic heterocycles. The van der Waals surface area contributed by atoms with Crippen LogP contribution in [0.25, 0.3) is 22.1 Å². The lowest BCUT2D eigenvalue weighted by Crippen LogP contribution is -2.15. The first-order chi connectivity index (χ1) is 17.4. The third kappa shape index (κ3) is 5.23. The summed E-state index contributed by atoms with van der Waals surface area (Å²) in [5, 5.41) is 17.9. The standard InChI is InChI=1S/C25H22N6O3S2/c26-36(33,34)19-12-10-18(11-13-19)27-22(32)16-35-25-28-24-23(29-30-25)20-8-4-5-9-21(20)31(24)15-14-17-6-2-1-3-7-17/h1-13H,14-16H2,(H,27,32)(H2,26,33,34). The Kier molecular flexibility index (Phi) is 6.68. The number of aromatic nitrogens is 4. The minimum atomic E-state index is -3.79. The lowest BCUT2D eigenvalue weighted by molar-refractivity contribution is -0.113. The van der Waals surface area contributed by atoms with Gasteiger partial charge in [0, 0.05) is 17.6 Å². The zero-order valence-corrected chi connectivity index (χ0v) is 20.7. The van der Waals surface area contributed by atoms with Gasteiger partial charge in [-0.15, -0.1) is 10.2 Å². The van der Waals surface area contributed by atoms with Gasteiger partial charge >= 0.3 is 0 Å². The number of fused-ring (bicyclic) bond motifs is 3. The number of para-hydroxylation sites is 1. The second kappa shape index (κ2) is 10.1. The Morgan fingerprint density at radius 1 is 0.944 bits per heavy atom. The molecule has 0 saturated heterocycles. The summed E-state index contributed by atoms with van der Waals surface area (Å²) in [6.45, 7) is 0.728. The summed E-state index contributed by atoms with van der Waals surface area (Å²) in [6, 6.07) is 23.9. The minimum Gasteiger partial charge on any atom is -0.325 e. The molecule has 5 aromatic rings. The lowest BCUT2D eigenvalue weighted by Gasteiger charge is -2.08. The van der Waals surface area contributed by atoms with Gasteiger partial charge in [-0.1, -0.05) is 60.3 Å². The van der Waals surface area contributed by atoms with Crippen LogP contribution in [-0.4, -0.2) is 39.8 Å². The maximum Gasteiger partial charge on any atom is 0.238 e. The second-order valence-electron chi connectivity index (χ2n) is 8.08. The van der Waals surface area contributed by atoms with Crippen molar-refractivity contribution in [3.8, 4) is 0 Å². The largest absolute Gasteiger partial charge is 0.325 e. The van der Waals surface area contributed by atoms with Crippen molar-refractivity contribution >= 4 is 55.4 Å². The first kappa shape index (κ1) is 23.9.